The van der Waals surface area contributed by atoms with Crippen LogP contribution >= 0.6 is 11.8 Å². The van der Waals surface area contributed by atoms with E-state index in [0.717, 1.165) is 5.75 Å². The van der Waals surface area contributed by atoms with Crippen LogP contribution in [0, 0.1) is 13.8 Å². The molecule has 1 heterocycles. The molecule has 7 heteroatoms. The van der Waals surface area contributed by atoms with E-state index in [4.69, 9.17) is 0 Å². The van der Waals surface area contributed by atoms with Gasteiger partial charge in [-0.25, -0.2) is 4.68 Å². The van der Waals surface area contributed by atoms with Crippen LogP contribution in [0.5, 0.6) is 0 Å². The number of aromatic nitrogens is 4. The molecule has 0 bridgehead atoms. The summed E-state index contributed by atoms with van der Waals surface area (Å²) in [4.78, 5) is 11.2. The summed E-state index contributed by atoms with van der Waals surface area (Å²) >= 11 is 1.50. The highest BCUT2D eigenvalue weighted by Gasteiger charge is 2.11. The zero-order chi connectivity index (χ0) is 14.5. The van der Waals surface area contributed by atoms with Crippen molar-refractivity contribution in [1.82, 2.24) is 20.2 Å². The molecule has 0 unspecified atom stereocenters. The van der Waals surface area contributed by atoms with Crippen LogP contribution in [0.2, 0.25) is 0 Å². The maximum absolute atomic E-state index is 11.2. The van der Waals surface area contributed by atoms with Gasteiger partial charge in [-0.1, -0.05) is 41.1 Å². The number of benzene rings is 1. The molecule has 0 aliphatic carbocycles. The highest BCUT2D eigenvalue weighted by atomic mass is 32.2. The summed E-state index contributed by atoms with van der Waals surface area (Å²) in [5.41, 5.74) is 3.67. The molecule has 2 aromatic rings. The van der Waals surface area contributed by atoms with Crippen LogP contribution in [-0.2, 0) is 21.8 Å². The lowest BCUT2D eigenvalue weighted by atomic mass is 10.1. The molecule has 0 saturated carbocycles. The van der Waals surface area contributed by atoms with E-state index in [1.54, 1.807) is 0 Å². The van der Waals surface area contributed by atoms with Crippen molar-refractivity contribution in [1.29, 1.82) is 0 Å². The Hall–Kier alpha value is -1.89. The summed E-state index contributed by atoms with van der Waals surface area (Å²) in [7, 11) is 1.34. The van der Waals surface area contributed by atoms with Crippen LogP contribution in [0.25, 0.3) is 0 Å². The second-order valence-electron chi connectivity index (χ2n) is 4.48. The molecule has 0 atom stereocenters. The summed E-state index contributed by atoms with van der Waals surface area (Å²) in [6.45, 7) is 4.17. The van der Waals surface area contributed by atoms with Crippen LogP contribution in [0.1, 0.15) is 16.7 Å². The number of thioether (sulfide) groups is 1. The fraction of sp³-hybridized carbons (Fsp3) is 0.385. The maximum atomic E-state index is 11.2. The number of hydrogen-bond donors (Lipinski definition) is 0. The van der Waals surface area contributed by atoms with E-state index in [1.807, 2.05) is 0 Å². The third kappa shape index (κ3) is 3.80. The lowest BCUT2D eigenvalue weighted by Crippen LogP contribution is -2.13. The Morgan fingerprint density at radius 1 is 1.30 bits per heavy atom. The number of nitrogens with zero attached hydrogens (tertiary/aromatic N) is 4. The molecule has 0 fully saturated rings. The number of esters is 1. The number of rotatable bonds is 5. The Balaban J connectivity index is 2.04. The average molecular weight is 292 g/mol. The van der Waals surface area contributed by atoms with Gasteiger partial charge in [-0.3, -0.25) is 4.79 Å². The molecule has 0 aliphatic heterocycles. The molecular formula is C13H16N4O2S. The number of tetrazole rings is 1. The zero-order valence-corrected chi connectivity index (χ0v) is 12.5. The van der Waals surface area contributed by atoms with Crippen LogP contribution in [0.4, 0.5) is 0 Å². The van der Waals surface area contributed by atoms with Crippen molar-refractivity contribution < 1.29 is 9.53 Å². The molecule has 20 heavy (non-hydrogen) atoms. The number of carbonyl (C=O) groups is 1. The first-order valence-corrected chi connectivity index (χ1v) is 7.10. The van der Waals surface area contributed by atoms with Crippen molar-refractivity contribution in [3.8, 4) is 0 Å². The van der Waals surface area contributed by atoms with Crippen molar-refractivity contribution in [2.75, 3.05) is 7.11 Å². The third-order valence-electron chi connectivity index (χ3n) is 2.65. The second-order valence-corrected chi connectivity index (χ2v) is 5.42. The summed E-state index contributed by atoms with van der Waals surface area (Å²) in [6, 6.07) is 6.40. The van der Waals surface area contributed by atoms with Gasteiger partial charge in [0, 0.05) is 5.75 Å². The number of carbonyl (C=O) groups excluding carboxylic acids is 1. The smallest absolute Gasteiger partial charge is 0.327 e. The molecule has 1 aromatic heterocycles. The Bertz CT molecular complexity index is 592. The zero-order valence-electron chi connectivity index (χ0n) is 11.7. The molecule has 2 rings (SSSR count). The van der Waals surface area contributed by atoms with Gasteiger partial charge in [-0.2, -0.15) is 0 Å². The summed E-state index contributed by atoms with van der Waals surface area (Å²) in [5, 5.41) is 11.9. The molecule has 0 saturated heterocycles. The van der Waals surface area contributed by atoms with E-state index in [9.17, 15) is 4.79 Å². The molecule has 0 aliphatic rings. The van der Waals surface area contributed by atoms with Crippen LogP contribution in [0.15, 0.2) is 23.4 Å². The van der Waals surface area contributed by atoms with E-state index in [0.29, 0.717) is 5.16 Å². The largest absolute Gasteiger partial charge is 0.468 e. The van der Waals surface area contributed by atoms with Gasteiger partial charge in [0.1, 0.15) is 6.54 Å². The minimum absolute atomic E-state index is 0.0265. The van der Waals surface area contributed by atoms with Gasteiger partial charge < -0.3 is 4.74 Å². The number of aryl methyl sites for hydroxylation is 2. The normalized spacial score (nSPS) is 10.6. The van der Waals surface area contributed by atoms with E-state index in [2.05, 4.69) is 52.3 Å². The topological polar surface area (TPSA) is 69.9 Å². The molecule has 1 aromatic carbocycles. The Kier molecular flexibility index (Phi) is 4.73. The number of hydrogen-bond acceptors (Lipinski definition) is 6. The first-order chi connectivity index (χ1) is 9.58. The van der Waals surface area contributed by atoms with Gasteiger partial charge >= 0.3 is 5.97 Å². The van der Waals surface area contributed by atoms with Gasteiger partial charge in [-0.05, 0) is 29.8 Å². The van der Waals surface area contributed by atoms with E-state index in [1.165, 1.54) is 40.2 Å². The van der Waals surface area contributed by atoms with E-state index < -0.39 is 0 Å². The van der Waals surface area contributed by atoms with Gasteiger partial charge in [-0.15, -0.1) is 5.10 Å². The Labute approximate surface area is 121 Å². The highest BCUT2D eigenvalue weighted by molar-refractivity contribution is 7.98. The van der Waals surface area contributed by atoms with E-state index >= 15 is 0 Å². The molecule has 6 nitrogen and oxygen atoms in total. The monoisotopic (exact) mass is 292 g/mol. The first-order valence-electron chi connectivity index (χ1n) is 6.11. The standard InChI is InChI=1S/C13H16N4O2S/c1-9-4-10(2)6-11(5-9)8-20-13-14-15-16-17(13)7-12(18)19-3/h4-6H,7-8H2,1-3H3. The highest BCUT2D eigenvalue weighted by Crippen LogP contribution is 2.21. The van der Waals surface area contributed by atoms with Crippen molar-refractivity contribution in [2.24, 2.45) is 0 Å². The quantitative estimate of drug-likeness (QED) is 0.618. The Morgan fingerprint density at radius 3 is 2.65 bits per heavy atom. The summed E-state index contributed by atoms with van der Waals surface area (Å²) in [6.07, 6.45) is 0. The minimum atomic E-state index is -0.370. The van der Waals surface area contributed by atoms with Crippen LogP contribution < -0.4 is 0 Å². The number of ether oxygens (including phenoxy) is 1. The third-order valence-corrected chi connectivity index (χ3v) is 3.68. The molecule has 0 spiro atoms. The molecule has 0 amide bonds. The van der Waals surface area contributed by atoms with Crippen molar-refractivity contribution >= 4 is 17.7 Å². The fourth-order valence-electron chi connectivity index (χ4n) is 1.89. The molecule has 106 valence electrons. The number of methoxy groups -OCH3 is 1. The lowest BCUT2D eigenvalue weighted by Gasteiger charge is -2.05. The van der Waals surface area contributed by atoms with Gasteiger partial charge in [0.15, 0.2) is 0 Å². The second kappa shape index (κ2) is 6.51. The molecule has 0 N–H and O–H groups in total. The Morgan fingerprint density at radius 2 is 2.00 bits per heavy atom. The van der Waals surface area contributed by atoms with Crippen molar-refractivity contribution in [2.45, 2.75) is 31.3 Å². The molecule has 0 radical (unpaired) electrons. The minimum Gasteiger partial charge on any atom is -0.468 e. The van der Waals surface area contributed by atoms with Crippen molar-refractivity contribution in [3.05, 3.63) is 34.9 Å². The average Bonchev–Trinajstić information content (AvgIpc) is 2.82. The fourth-order valence-corrected chi connectivity index (χ4v) is 2.69. The maximum Gasteiger partial charge on any atom is 0.327 e. The van der Waals surface area contributed by atoms with Gasteiger partial charge in [0.2, 0.25) is 5.16 Å². The van der Waals surface area contributed by atoms with Crippen LogP contribution in [-0.4, -0.2) is 33.3 Å². The predicted octanol–water partition coefficient (Wildman–Crippen LogP) is 1.76. The summed E-state index contributed by atoms with van der Waals surface area (Å²) in [5.74, 6) is 0.384. The van der Waals surface area contributed by atoms with E-state index in [-0.39, 0.29) is 12.5 Å². The predicted molar refractivity (Wildman–Crippen MR) is 75.3 cm³/mol. The van der Waals surface area contributed by atoms with Gasteiger partial charge in [0.25, 0.3) is 0 Å². The summed E-state index contributed by atoms with van der Waals surface area (Å²) < 4.78 is 6.05. The molecular weight excluding hydrogens is 276 g/mol. The van der Waals surface area contributed by atoms with Gasteiger partial charge in [0.05, 0.1) is 7.11 Å². The lowest BCUT2D eigenvalue weighted by molar-refractivity contribution is -0.141. The van der Waals surface area contributed by atoms with Crippen LogP contribution in [0.3, 0.4) is 0 Å². The van der Waals surface area contributed by atoms with Crippen molar-refractivity contribution in [3.63, 3.8) is 0 Å². The SMILES string of the molecule is COC(=O)Cn1nnnc1SCc1cc(C)cc(C)c1. The first kappa shape index (κ1) is 14.5.